The standard InChI is InChI=1S/C15H15ClN4/c1-10-2-4-11(5-3-10)6-9-14-18-19-15-12(17)7-8-13(16)20(14)15/h2-5,7-8H,6,9,17H2,1H3. The van der Waals surface area contributed by atoms with E-state index in [-0.39, 0.29) is 0 Å². The predicted octanol–water partition coefficient (Wildman–Crippen LogP) is 3.06. The maximum atomic E-state index is 6.21. The fourth-order valence-electron chi connectivity index (χ4n) is 2.21. The number of halogens is 1. The number of hydrogen-bond donors (Lipinski definition) is 1. The van der Waals surface area contributed by atoms with E-state index in [4.69, 9.17) is 17.3 Å². The fraction of sp³-hybridized carbons (Fsp3) is 0.200. The van der Waals surface area contributed by atoms with Crippen LogP contribution in [0.4, 0.5) is 5.69 Å². The molecule has 102 valence electrons. The second kappa shape index (κ2) is 5.13. The van der Waals surface area contributed by atoms with E-state index >= 15 is 0 Å². The number of fused-ring (bicyclic) bond motifs is 1. The molecule has 0 saturated heterocycles. The van der Waals surface area contributed by atoms with Gasteiger partial charge in [-0.05, 0) is 31.0 Å². The number of aryl methyl sites for hydroxylation is 3. The monoisotopic (exact) mass is 286 g/mol. The first-order valence-corrected chi connectivity index (χ1v) is 6.86. The summed E-state index contributed by atoms with van der Waals surface area (Å²) in [4.78, 5) is 0. The molecule has 0 bridgehead atoms. The number of aromatic nitrogens is 3. The van der Waals surface area contributed by atoms with Crippen molar-refractivity contribution < 1.29 is 0 Å². The number of nitrogen functional groups attached to an aromatic ring is 1. The van der Waals surface area contributed by atoms with Crippen molar-refractivity contribution in [3.8, 4) is 0 Å². The summed E-state index contributed by atoms with van der Waals surface area (Å²) in [5.74, 6) is 0.831. The maximum Gasteiger partial charge on any atom is 0.185 e. The van der Waals surface area contributed by atoms with Crippen molar-refractivity contribution in [2.75, 3.05) is 5.73 Å². The van der Waals surface area contributed by atoms with E-state index in [9.17, 15) is 0 Å². The van der Waals surface area contributed by atoms with Crippen molar-refractivity contribution in [3.63, 3.8) is 0 Å². The van der Waals surface area contributed by atoms with Gasteiger partial charge in [-0.1, -0.05) is 41.4 Å². The molecule has 3 aromatic rings. The van der Waals surface area contributed by atoms with Crippen molar-refractivity contribution in [1.82, 2.24) is 14.6 Å². The quantitative estimate of drug-likeness (QED) is 0.753. The molecule has 0 aliphatic carbocycles. The van der Waals surface area contributed by atoms with Crippen LogP contribution in [0, 0.1) is 6.92 Å². The molecule has 0 fully saturated rings. The van der Waals surface area contributed by atoms with Crippen LogP contribution in [0.25, 0.3) is 5.65 Å². The Bertz CT molecular complexity index is 746. The zero-order valence-electron chi connectivity index (χ0n) is 11.2. The van der Waals surface area contributed by atoms with E-state index in [2.05, 4.69) is 41.4 Å². The normalized spacial score (nSPS) is 11.1. The number of hydrogen-bond acceptors (Lipinski definition) is 3. The molecule has 0 amide bonds. The number of benzene rings is 1. The zero-order valence-corrected chi connectivity index (χ0v) is 11.9. The summed E-state index contributed by atoms with van der Waals surface area (Å²) in [6.07, 6.45) is 1.67. The van der Waals surface area contributed by atoms with Crippen LogP contribution < -0.4 is 5.73 Å². The first kappa shape index (κ1) is 12.9. The minimum Gasteiger partial charge on any atom is -0.396 e. The third-order valence-corrected chi connectivity index (χ3v) is 3.66. The molecule has 2 N–H and O–H groups in total. The van der Waals surface area contributed by atoms with Crippen LogP contribution in [0.1, 0.15) is 17.0 Å². The van der Waals surface area contributed by atoms with Crippen molar-refractivity contribution in [1.29, 1.82) is 0 Å². The van der Waals surface area contributed by atoms with Crippen LogP contribution in [0.2, 0.25) is 5.15 Å². The topological polar surface area (TPSA) is 56.2 Å². The smallest absolute Gasteiger partial charge is 0.185 e. The lowest BCUT2D eigenvalue weighted by atomic mass is 10.1. The highest BCUT2D eigenvalue weighted by Crippen LogP contribution is 2.20. The molecule has 2 aromatic heterocycles. The molecule has 0 spiro atoms. The van der Waals surface area contributed by atoms with Gasteiger partial charge in [-0.25, -0.2) is 0 Å². The molecule has 0 aliphatic rings. The molecule has 0 aliphatic heterocycles. The molecule has 0 unspecified atom stereocenters. The number of nitrogens with zero attached hydrogens (tertiary/aromatic N) is 3. The molecule has 0 saturated carbocycles. The van der Waals surface area contributed by atoms with Gasteiger partial charge in [-0.15, -0.1) is 10.2 Å². The molecule has 2 heterocycles. The molecule has 20 heavy (non-hydrogen) atoms. The van der Waals surface area contributed by atoms with Crippen LogP contribution >= 0.6 is 11.6 Å². The predicted molar refractivity (Wildman–Crippen MR) is 81.0 cm³/mol. The number of pyridine rings is 1. The largest absolute Gasteiger partial charge is 0.396 e. The number of nitrogens with two attached hydrogens (primary N) is 1. The third-order valence-electron chi connectivity index (χ3n) is 3.36. The van der Waals surface area contributed by atoms with Gasteiger partial charge in [-0.3, -0.25) is 4.40 Å². The Labute approximate surface area is 122 Å². The van der Waals surface area contributed by atoms with E-state index in [1.165, 1.54) is 11.1 Å². The molecule has 5 heteroatoms. The summed E-state index contributed by atoms with van der Waals surface area (Å²) in [6, 6.07) is 12.0. The van der Waals surface area contributed by atoms with E-state index in [1.807, 2.05) is 4.40 Å². The summed E-state index contributed by atoms with van der Waals surface area (Å²) in [5, 5.41) is 8.89. The lowest BCUT2D eigenvalue weighted by Gasteiger charge is -2.04. The summed E-state index contributed by atoms with van der Waals surface area (Å²) in [7, 11) is 0. The van der Waals surface area contributed by atoms with E-state index in [0.29, 0.717) is 16.5 Å². The Morgan fingerprint density at radius 1 is 1.05 bits per heavy atom. The van der Waals surface area contributed by atoms with Crippen LogP contribution in [-0.4, -0.2) is 14.6 Å². The summed E-state index contributed by atoms with van der Waals surface area (Å²) >= 11 is 6.21. The Balaban J connectivity index is 1.88. The van der Waals surface area contributed by atoms with E-state index < -0.39 is 0 Å². The van der Waals surface area contributed by atoms with Gasteiger partial charge in [0.1, 0.15) is 11.0 Å². The zero-order chi connectivity index (χ0) is 14.1. The Hall–Kier alpha value is -2.07. The second-order valence-corrected chi connectivity index (χ2v) is 5.26. The fourth-order valence-corrected chi connectivity index (χ4v) is 2.45. The number of rotatable bonds is 3. The summed E-state index contributed by atoms with van der Waals surface area (Å²) in [6.45, 7) is 2.08. The van der Waals surface area contributed by atoms with Crippen LogP contribution in [0.5, 0.6) is 0 Å². The summed E-state index contributed by atoms with van der Waals surface area (Å²) < 4.78 is 1.81. The first-order chi connectivity index (χ1) is 9.65. The van der Waals surface area contributed by atoms with Gasteiger partial charge in [0.15, 0.2) is 5.65 Å². The van der Waals surface area contributed by atoms with Gasteiger partial charge in [0.05, 0.1) is 5.69 Å². The minimum atomic E-state index is 0.582. The molecule has 3 rings (SSSR count). The van der Waals surface area contributed by atoms with Crippen molar-refractivity contribution in [3.05, 3.63) is 58.5 Å². The third kappa shape index (κ3) is 2.34. The van der Waals surface area contributed by atoms with Crippen LogP contribution in [0.15, 0.2) is 36.4 Å². The van der Waals surface area contributed by atoms with Gasteiger partial charge in [0.25, 0.3) is 0 Å². The SMILES string of the molecule is Cc1ccc(CCc2nnc3c(N)ccc(Cl)n23)cc1. The van der Waals surface area contributed by atoms with Crippen molar-refractivity contribution in [2.45, 2.75) is 19.8 Å². The van der Waals surface area contributed by atoms with E-state index in [0.717, 1.165) is 18.7 Å². The van der Waals surface area contributed by atoms with Gasteiger partial charge in [-0.2, -0.15) is 0 Å². The highest BCUT2D eigenvalue weighted by Gasteiger charge is 2.11. The van der Waals surface area contributed by atoms with Gasteiger partial charge in [0.2, 0.25) is 0 Å². The van der Waals surface area contributed by atoms with Gasteiger partial charge in [0, 0.05) is 6.42 Å². The summed E-state index contributed by atoms with van der Waals surface area (Å²) in [5.41, 5.74) is 9.62. The molecular formula is C15H15ClN4. The molecule has 0 radical (unpaired) electrons. The van der Waals surface area contributed by atoms with Gasteiger partial charge < -0.3 is 5.73 Å². The Kier molecular flexibility index (Phi) is 3.32. The van der Waals surface area contributed by atoms with Crippen LogP contribution in [0.3, 0.4) is 0 Å². The number of anilines is 1. The Morgan fingerprint density at radius 3 is 2.55 bits per heavy atom. The highest BCUT2D eigenvalue weighted by molar-refractivity contribution is 6.29. The minimum absolute atomic E-state index is 0.582. The van der Waals surface area contributed by atoms with Gasteiger partial charge >= 0.3 is 0 Å². The van der Waals surface area contributed by atoms with Crippen molar-refractivity contribution >= 4 is 22.9 Å². The first-order valence-electron chi connectivity index (χ1n) is 6.48. The lowest BCUT2D eigenvalue weighted by molar-refractivity contribution is 0.839. The second-order valence-electron chi connectivity index (χ2n) is 4.87. The highest BCUT2D eigenvalue weighted by atomic mass is 35.5. The van der Waals surface area contributed by atoms with Crippen molar-refractivity contribution in [2.24, 2.45) is 0 Å². The average Bonchev–Trinajstić information content (AvgIpc) is 2.88. The molecule has 4 nitrogen and oxygen atoms in total. The molecular weight excluding hydrogens is 272 g/mol. The average molecular weight is 287 g/mol. The lowest BCUT2D eigenvalue weighted by Crippen LogP contribution is -2.00. The van der Waals surface area contributed by atoms with Crippen LogP contribution in [-0.2, 0) is 12.8 Å². The Morgan fingerprint density at radius 2 is 1.80 bits per heavy atom. The molecule has 0 atom stereocenters. The maximum absolute atomic E-state index is 6.21. The van der Waals surface area contributed by atoms with E-state index in [1.54, 1.807) is 12.1 Å². The molecule has 1 aromatic carbocycles.